The number of anilines is 6. The Bertz CT molecular complexity index is 5360. The number of nitrogens with zero attached hydrogens (tertiary/aromatic N) is 7. The molecule has 446 valence electrons. The molecular weight excluding hydrogens is 1170 g/mol. The van der Waals surface area contributed by atoms with Crippen LogP contribution in [-0.4, -0.2) is 26.2 Å². The Morgan fingerprint density at radius 1 is 0.271 bits per heavy atom. The van der Waals surface area contributed by atoms with Crippen LogP contribution in [0.15, 0.2) is 340 Å². The highest BCUT2D eigenvalue weighted by molar-refractivity contribution is 7.00. The second-order valence-corrected chi connectivity index (χ2v) is 24.6. The molecule has 0 amide bonds. The second-order valence-electron chi connectivity index (χ2n) is 24.6. The van der Waals surface area contributed by atoms with Gasteiger partial charge < -0.3 is 14.4 Å². The van der Waals surface area contributed by atoms with Gasteiger partial charge in [-0.1, -0.05) is 249 Å². The van der Waals surface area contributed by atoms with E-state index in [-0.39, 0.29) is 6.71 Å². The SMILES string of the molecule is N#Cc1c(-c2nc(-c3ccccc3)nc(-c3ccccc3)n2)cccc1-n1c2ccccc2c2cc(-c3cc4c5c(c3)N(c3cc(-c6ccccc6)cc(-c6ccccc6)c3)c3ccccc3B5c3ccccc3N4c3cc(-c4ccccc4)cc(-c4ccccc4)c3)ccc21. The van der Waals surface area contributed by atoms with E-state index in [2.05, 4.69) is 281 Å². The predicted octanol–water partition coefficient (Wildman–Crippen LogP) is 20.3. The molecule has 18 rings (SSSR count). The molecule has 0 bridgehead atoms. The molecule has 0 N–H and O–H groups in total. The summed E-state index contributed by atoms with van der Waals surface area (Å²) in [5.41, 5.74) is 26.9. The van der Waals surface area contributed by atoms with Crippen LogP contribution in [-0.2, 0) is 0 Å². The molecule has 0 unspecified atom stereocenters. The van der Waals surface area contributed by atoms with Gasteiger partial charge in [0.25, 0.3) is 6.71 Å². The first kappa shape index (κ1) is 55.9. The molecule has 7 nitrogen and oxygen atoms in total. The predicted molar refractivity (Wildman–Crippen MR) is 396 cm³/mol. The number of benzene rings is 14. The average Bonchev–Trinajstić information content (AvgIpc) is 0.720. The van der Waals surface area contributed by atoms with Gasteiger partial charge >= 0.3 is 0 Å². The zero-order valence-corrected chi connectivity index (χ0v) is 52.0. The van der Waals surface area contributed by atoms with E-state index in [9.17, 15) is 5.26 Å². The lowest BCUT2D eigenvalue weighted by molar-refractivity contribution is 1.07. The van der Waals surface area contributed by atoms with Crippen molar-refractivity contribution in [1.82, 2.24) is 19.5 Å². The number of rotatable bonds is 11. The Morgan fingerprint density at radius 2 is 0.656 bits per heavy atom. The van der Waals surface area contributed by atoms with Crippen molar-refractivity contribution in [2.75, 3.05) is 9.80 Å². The summed E-state index contributed by atoms with van der Waals surface area (Å²) in [6.45, 7) is -0.112. The summed E-state index contributed by atoms with van der Waals surface area (Å²) in [6.07, 6.45) is 0. The van der Waals surface area contributed by atoms with Crippen LogP contribution in [0.4, 0.5) is 34.1 Å². The second kappa shape index (κ2) is 23.3. The minimum atomic E-state index is -0.112. The molecular formula is C88H56BN7. The molecule has 8 heteroatoms. The quantitative estimate of drug-likeness (QED) is 0.120. The minimum absolute atomic E-state index is 0.112. The van der Waals surface area contributed by atoms with Crippen LogP contribution < -0.4 is 26.2 Å². The van der Waals surface area contributed by atoms with Crippen LogP contribution in [0.5, 0.6) is 0 Å². The standard InChI is InChI=1S/C88H56BN7/c90-57-75-73(88-92-86(62-34-15-5-16-35-62)91-87(93-88)63-36-17-6-18-37-63)39-25-45-79(75)96-78-42-22-19-38-72(78)74-54-64(46-47-80(74)96)69-55-83-85-84(56-69)95(71-52-67(60-30-11-3-12-31-60)49-68(53-71)61-32-13-4-14-33-61)82-44-24-21-41-77(82)89(85)76-40-20-23-43-81(76)94(83)70-50-65(58-26-7-1-8-27-58)48-66(51-70)59-28-9-2-10-29-59/h1-56H. The van der Waals surface area contributed by atoms with E-state index in [1.165, 1.54) is 16.4 Å². The first-order chi connectivity index (χ1) is 47.6. The smallest absolute Gasteiger partial charge is 0.252 e. The Balaban J connectivity index is 0.884. The van der Waals surface area contributed by atoms with Gasteiger partial charge in [0.05, 0.1) is 22.3 Å². The molecule has 2 aliphatic rings. The Hall–Kier alpha value is -13.0. The molecule has 0 aliphatic carbocycles. The van der Waals surface area contributed by atoms with Crippen molar-refractivity contribution < 1.29 is 0 Å². The van der Waals surface area contributed by atoms with Crippen molar-refractivity contribution >= 4 is 79.0 Å². The number of fused-ring (bicyclic) bond motifs is 7. The van der Waals surface area contributed by atoms with Gasteiger partial charge in [-0.15, -0.1) is 0 Å². The lowest BCUT2D eigenvalue weighted by Crippen LogP contribution is -2.61. The Kier molecular flexibility index (Phi) is 13.6. The highest BCUT2D eigenvalue weighted by atomic mass is 15.2. The van der Waals surface area contributed by atoms with Crippen molar-refractivity contribution in [3.05, 3.63) is 345 Å². The normalized spacial score (nSPS) is 12.1. The van der Waals surface area contributed by atoms with Gasteiger partial charge in [0, 0.05) is 61.6 Å². The molecule has 96 heavy (non-hydrogen) atoms. The molecule has 0 spiro atoms. The molecule has 0 radical (unpaired) electrons. The highest BCUT2D eigenvalue weighted by Gasteiger charge is 2.44. The summed E-state index contributed by atoms with van der Waals surface area (Å²) >= 11 is 0. The summed E-state index contributed by atoms with van der Waals surface area (Å²) in [5, 5.41) is 13.6. The summed E-state index contributed by atoms with van der Waals surface area (Å²) < 4.78 is 2.24. The lowest BCUT2D eigenvalue weighted by atomic mass is 9.33. The summed E-state index contributed by atoms with van der Waals surface area (Å²) in [6, 6.07) is 124. The van der Waals surface area contributed by atoms with E-state index in [4.69, 9.17) is 15.0 Å². The fraction of sp³-hybridized carbons (Fsp3) is 0. The average molecular weight is 1220 g/mol. The first-order valence-corrected chi connectivity index (χ1v) is 32.5. The van der Waals surface area contributed by atoms with Gasteiger partial charge in [0.1, 0.15) is 6.07 Å². The third-order valence-corrected chi connectivity index (χ3v) is 19.0. The fourth-order valence-corrected chi connectivity index (χ4v) is 14.7. The molecule has 2 aliphatic heterocycles. The Labute approximate surface area is 557 Å². The molecule has 4 heterocycles. The number of para-hydroxylation sites is 3. The summed E-state index contributed by atoms with van der Waals surface area (Å²) in [4.78, 5) is 20.3. The van der Waals surface area contributed by atoms with Crippen molar-refractivity contribution in [1.29, 1.82) is 5.26 Å². The van der Waals surface area contributed by atoms with Crippen molar-refractivity contribution in [2.45, 2.75) is 0 Å². The van der Waals surface area contributed by atoms with Crippen LogP contribution in [0.1, 0.15) is 5.56 Å². The lowest BCUT2D eigenvalue weighted by Gasteiger charge is -2.44. The summed E-state index contributed by atoms with van der Waals surface area (Å²) in [7, 11) is 0. The third-order valence-electron chi connectivity index (χ3n) is 19.0. The molecule has 14 aromatic carbocycles. The molecule has 0 atom stereocenters. The zero-order valence-electron chi connectivity index (χ0n) is 52.0. The van der Waals surface area contributed by atoms with E-state index in [0.29, 0.717) is 28.6 Å². The van der Waals surface area contributed by atoms with Crippen LogP contribution in [0.3, 0.4) is 0 Å². The zero-order chi connectivity index (χ0) is 63.6. The van der Waals surface area contributed by atoms with Gasteiger partial charge in [-0.05, 0) is 163 Å². The summed E-state index contributed by atoms with van der Waals surface area (Å²) in [5.74, 6) is 1.47. The van der Waals surface area contributed by atoms with E-state index >= 15 is 0 Å². The number of hydrogen-bond acceptors (Lipinski definition) is 6. The van der Waals surface area contributed by atoms with Crippen molar-refractivity contribution in [2.24, 2.45) is 0 Å². The number of nitriles is 1. The highest BCUT2D eigenvalue weighted by Crippen LogP contribution is 2.49. The molecule has 2 aromatic heterocycles. The maximum Gasteiger partial charge on any atom is 0.252 e. The maximum absolute atomic E-state index is 11.5. The van der Waals surface area contributed by atoms with Crippen molar-refractivity contribution in [3.63, 3.8) is 0 Å². The van der Waals surface area contributed by atoms with Gasteiger partial charge in [-0.3, -0.25) is 0 Å². The number of aromatic nitrogens is 4. The van der Waals surface area contributed by atoms with Gasteiger partial charge in [-0.2, -0.15) is 5.26 Å². The van der Waals surface area contributed by atoms with Gasteiger partial charge in [0.2, 0.25) is 0 Å². The van der Waals surface area contributed by atoms with Crippen LogP contribution >= 0.6 is 0 Å². The van der Waals surface area contributed by atoms with Gasteiger partial charge in [0.15, 0.2) is 17.5 Å². The van der Waals surface area contributed by atoms with E-state index in [1.54, 1.807) is 0 Å². The minimum Gasteiger partial charge on any atom is -0.311 e. The molecule has 0 saturated heterocycles. The van der Waals surface area contributed by atoms with Crippen LogP contribution in [0.2, 0.25) is 0 Å². The molecule has 0 fully saturated rings. The van der Waals surface area contributed by atoms with Crippen LogP contribution in [0, 0.1) is 11.3 Å². The third kappa shape index (κ3) is 9.56. The molecule has 0 saturated carbocycles. The van der Waals surface area contributed by atoms with Gasteiger partial charge in [-0.25, -0.2) is 15.0 Å². The molecule has 16 aromatic rings. The van der Waals surface area contributed by atoms with Crippen molar-refractivity contribution in [3.8, 4) is 102 Å². The monoisotopic (exact) mass is 1220 g/mol. The topological polar surface area (TPSA) is 73.9 Å². The first-order valence-electron chi connectivity index (χ1n) is 32.5. The maximum atomic E-state index is 11.5. The Morgan fingerprint density at radius 3 is 1.12 bits per heavy atom. The number of hydrogen-bond donors (Lipinski definition) is 0. The van der Waals surface area contributed by atoms with E-state index in [1.807, 2.05) is 78.9 Å². The largest absolute Gasteiger partial charge is 0.311 e. The van der Waals surface area contributed by atoms with E-state index < -0.39 is 0 Å². The van der Waals surface area contributed by atoms with E-state index in [0.717, 1.165) is 128 Å². The fourth-order valence-electron chi connectivity index (χ4n) is 14.7. The van der Waals surface area contributed by atoms with Crippen LogP contribution in [0.25, 0.3) is 117 Å².